The van der Waals surface area contributed by atoms with Crippen LogP contribution in [0.5, 0.6) is 0 Å². The van der Waals surface area contributed by atoms with E-state index in [1.165, 1.54) is 0 Å². The van der Waals surface area contributed by atoms with Crippen LogP contribution >= 0.6 is 0 Å². The van der Waals surface area contributed by atoms with Gasteiger partial charge >= 0.3 is 0 Å². The third-order valence-electron chi connectivity index (χ3n) is 1.11. The average molecular weight is 117 g/mol. The molecule has 48 valence electrons. The molecule has 0 rings (SSSR count). The van der Waals surface area contributed by atoms with Crippen molar-refractivity contribution < 1.29 is 5.11 Å². The number of rotatable bonds is 3. The Morgan fingerprint density at radius 3 is 2.25 bits per heavy atom. The summed E-state index contributed by atoms with van der Waals surface area (Å²) in [5.41, 5.74) is 0. The maximum absolute atomic E-state index is 9.77. The lowest BCUT2D eigenvalue weighted by Gasteiger charge is -2.06. The van der Waals surface area contributed by atoms with E-state index >= 15 is 0 Å². The molecule has 0 spiro atoms. The number of hydrogen-bond acceptors (Lipinski definition) is 3. The van der Waals surface area contributed by atoms with Crippen LogP contribution in [0.15, 0.2) is 5.18 Å². The molecular formula is C5H11NO2. The fraction of sp³-hybridized carbons (Fsp3) is 1.00. The fourth-order valence-corrected chi connectivity index (χ4v) is 0.504. The first kappa shape index (κ1) is 7.56. The number of hydrogen-bond donors (Lipinski definition) is 1. The van der Waals surface area contributed by atoms with Crippen molar-refractivity contribution in [1.82, 2.24) is 0 Å². The molecule has 8 heavy (non-hydrogen) atoms. The summed E-state index contributed by atoms with van der Waals surface area (Å²) in [6.45, 7) is 3.38. The quantitative estimate of drug-likeness (QED) is 0.558. The molecule has 0 heterocycles. The lowest BCUT2D eigenvalue weighted by Crippen LogP contribution is -2.18. The second-order valence-electron chi connectivity index (χ2n) is 1.82. The molecular weight excluding hydrogens is 106 g/mol. The predicted molar refractivity (Wildman–Crippen MR) is 31.6 cm³/mol. The van der Waals surface area contributed by atoms with Gasteiger partial charge in [-0.05, 0) is 13.3 Å². The summed E-state index contributed by atoms with van der Waals surface area (Å²) in [6, 6.07) is -0.421. The van der Waals surface area contributed by atoms with E-state index in [9.17, 15) is 4.91 Å². The van der Waals surface area contributed by atoms with Crippen LogP contribution in [-0.2, 0) is 0 Å². The van der Waals surface area contributed by atoms with Crippen molar-refractivity contribution in [2.24, 2.45) is 5.18 Å². The van der Waals surface area contributed by atoms with Gasteiger partial charge in [-0.1, -0.05) is 12.1 Å². The lowest BCUT2D eigenvalue weighted by molar-refractivity contribution is 0.162. The van der Waals surface area contributed by atoms with E-state index in [1.54, 1.807) is 6.92 Å². The van der Waals surface area contributed by atoms with E-state index in [1.807, 2.05) is 6.92 Å². The Hall–Kier alpha value is -0.440. The van der Waals surface area contributed by atoms with Crippen LogP contribution in [0.1, 0.15) is 20.3 Å². The SMILES string of the molecule is CCC(N=O)[C@@H](C)O. The van der Waals surface area contributed by atoms with Gasteiger partial charge in [-0.3, -0.25) is 0 Å². The number of aliphatic hydroxyl groups excluding tert-OH is 1. The molecule has 0 radical (unpaired) electrons. The summed E-state index contributed by atoms with van der Waals surface area (Å²) in [6.07, 6.45) is 0.0127. The standard InChI is InChI=1S/C5H11NO2/c1-3-5(6-8)4(2)7/h4-5,7H,3H2,1-2H3/t4-,5?/m1/s1. The van der Waals surface area contributed by atoms with Gasteiger partial charge in [0.15, 0.2) is 0 Å². The Morgan fingerprint density at radius 2 is 2.25 bits per heavy atom. The Balaban J connectivity index is 3.51. The topological polar surface area (TPSA) is 49.7 Å². The highest BCUT2D eigenvalue weighted by Crippen LogP contribution is 2.01. The molecule has 0 aromatic heterocycles. The van der Waals surface area contributed by atoms with E-state index < -0.39 is 12.1 Å². The average Bonchev–Trinajstić information content (AvgIpc) is 1.69. The smallest absolute Gasteiger partial charge is 0.117 e. The van der Waals surface area contributed by atoms with E-state index in [0.717, 1.165) is 0 Å². The molecule has 1 unspecified atom stereocenters. The fourth-order valence-electron chi connectivity index (χ4n) is 0.504. The maximum atomic E-state index is 9.77. The summed E-state index contributed by atoms with van der Waals surface area (Å²) in [7, 11) is 0. The summed E-state index contributed by atoms with van der Waals surface area (Å²) < 4.78 is 0. The first-order chi connectivity index (χ1) is 3.72. The van der Waals surface area contributed by atoms with Gasteiger partial charge in [0.1, 0.15) is 6.04 Å². The lowest BCUT2D eigenvalue weighted by atomic mass is 10.1. The number of aliphatic hydroxyl groups is 1. The normalized spacial score (nSPS) is 17.4. The Kier molecular flexibility index (Phi) is 3.35. The van der Waals surface area contributed by atoms with Crippen molar-refractivity contribution >= 4 is 0 Å². The molecule has 0 amide bonds. The first-order valence-corrected chi connectivity index (χ1v) is 2.73. The summed E-state index contributed by atoms with van der Waals surface area (Å²) in [5.74, 6) is 0. The van der Waals surface area contributed by atoms with Crippen molar-refractivity contribution in [3.05, 3.63) is 4.91 Å². The highest BCUT2D eigenvalue weighted by atomic mass is 16.3. The molecule has 0 saturated heterocycles. The van der Waals surface area contributed by atoms with Crippen LogP contribution in [-0.4, -0.2) is 17.3 Å². The van der Waals surface area contributed by atoms with Crippen LogP contribution in [0, 0.1) is 4.91 Å². The van der Waals surface area contributed by atoms with Crippen LogP contribution in [0.25, 0.3) is 0 Å². The van der Waals surface area contributed by atoms with Crippen LogP contribution in [0.3, 0.4) is 0 Å². The first-order valence-electron chi connectivity index (χ1n) is 2.73. The van der Waals surface area contributed by atoms with Gasteiger partial charge in [0.2, 0.25) is 0 Å². The van der Waals surface area contributed by atoms with Gasteiger partial charge in [-0.15, -0.1) is 0 Å². The van der Waals surface area contributed by atoms with Gasteiger partial charge < -0.3 is 5.11 Å². The van der Waals surface area contributed by atoms with Crippen molar-refractivity contribution in [3.8, 4) is 0 Å². The molecule has 0 fully saturated rings. The molecule has 3 nitrogen and oxygen atoms in total. The molecule has 2 atom stereocenters. The minimum atomic E-state index is -0.600. The van der Waals surface area contributed by atoms with Gasteiger partial charge in [0.25, 0.3) is 0 Å². The second-order valence-corrected chi connectivity index (χ2v) is 1.82. The monoisotopic (exact) mass is 117 g/mol. The molecule has 0 bridgehead atoms. The van der Waals surface area contributed by atoms with E-state index in [4.69, 9.17) is 5.11 Å². The number of nitroso groups, excluding NO2 is 1. The summed E-state index contributed by atoms with van der Waals surface area (Å²) in [5, 5.41) is 11.4. The van der Waals surface area contributed by atoms with Gasteiger partial charge in [0, 0.05) is 0 Å². The molecule has 0 saturated carbocycles. The Bertz CT molecular complexity index is 72.8. The summed E-state index contributed by atoms with van der Waals surface area (Å²) >= 11 is 0. The van der Waals surface area contributed by atoms with Crippen LogP contribution in [0.4, 0.5) is 0 Å². The highest BCUT2D eigenvalue weighted by molar-refractivity contribution is 4.68. The zero-order chi connectivity index (χ0) is 6.57. The zero-order valence-corrected chi connectivity index (χ0v) is 5.16. The minimum Gasteiger partial charge on any atom is -0.391 e. The molecule has 0 aromatic rings. The van der Waals surface area contributed by atoms with Gasteiger partial charge in [0.05, 0.1) is 6.10 Å². The van der Waals surface area contributed by atoms with Crippen molar-refractivity contribution in [2.75, 3.05) is 0 Å². The number of nitrogens with zero attached hydrogens (tertiary/aromatic N) is 1. The minimum absolute atomic E-state index is 0.421. The Morgan fingerprint density at radius 1 is 1.75 bits per heavy atom. The molecule has 3 heteroatoms. The van der Waals surface area contributed by atoms with Crippen molar-refractivity contribution in [2.45, 2.75) is 32.4 Å². The zero-order valence-electron chi connectivity index (χ0n) is 5.16. The summed E-state index contributed by atoms with van der Waals surface area (Å²) in [4.78, 5) is 9.77. The van der Waals surface area contributed by atoms with Gasteiger partial charge in [-0.25, -0.2) is 0 Å². The van der Waals surface area contributed by atoms with E-state index in [-0.39, 0.29) is 0 Å². The predicted octanol–water partition coefficient (Wildman–Crippen LogP) is 0.912. The molecule has 1 N–H and O–H groups in total. The molecule has 0 aliphatic rings. The molecule has 0 aromatic carbocycles. The van der Waals surface area contributed by atoms with Crippen LogP contribution < -0.4 is 0 Å². The van der Waals surface area contributed by atoms with Crippen molar-refractivity contribution in [3.63, 3.8) is 0 Å². The molecule has 0 aliphatic carbocycles. The van der Waals surface area contributed by atoms with Gasteiger partial charge in [-0.2, -0.15) is 4.91 Å². The maximum Gasteiger partial charge on any atom is 0.117 e. The third-order valence-corrected chi connectivity index (χ3v) is 1.11. The third kappa shape index (κ3) is 2.02. The largest absolute Gasteiger partial charge is 0.391 e. The Labute approximate surface area is 48.7 Å². The van der Waals surface area contributed by atoms with Crippen molar-refractivity contribution in [1.29, 1.82) is 0 Å². The van der Waals surface area contributed by atoms with Crippen LogP contribution in [0.2, 0.25) is 0 Å². The van der Waals surface area contributed by atoms with E-state index in [0.29, 0.717) is 6.42 Å². The van der Waals surface area contributed by atoms with E-state index in [2.05, 4.69) is 5.18 Å². The highest BCUT2D eigenvalue weighted by Gasteiger charge is 2.10. The second kappa shape index (κ2) is 3.55. The molecule has 0 aliphatic heterocycles.